The quantitative estimate of drug-likeness (QED) is 0.632. The predicted octanol–water partition coefficient (Wildman–Crippen LogP) is 3.08. The van der Waals surface area contributed by atoms with Gasteiger partial charge in [-0.25, -0.2) is 4.39 Å². The molecule has 19 heavy (non-hydrogen) atoms. The maximum absolute atomic E-state index is 13.3. The molecule has 0 spiro atoms. The van der Waals surface area contributed by atoms with E-state index in [1.165, 1.54) is 6.07 Å². The molecule has 0 saturated heterocycles. The first-order valence-electron chi connectivity index (χ1n) is 6.11. The van der Waals surface area contributed by atoms with Crippen LogP contribution in [0.3, 0.4) is 0 Å². The van der Waals surface area contributed by atoms with Crippen LogP contribution in [-0.4, -0.2) is 6.04 Å². The van der Waals surface area contributed by atoms with Crippen LogP contribution in [0, 0.1) is 5.82 Å². The molecule has 3 N–H and O–H groups in total. The Bertz CT molecular complexity index is 516. The Kier molecular flexibility index (Phi) is 4.96. The van der Waals surface area contributed by atoms with Gasteiger partial charge >= 0.3 is 0 Å². The van der Waals surface area contributed by atoms with E-state index >= 15 is 0 Å². The van der Waals surface area contributed by atoms with Crippen LogP contribution in [0.25, 0.3) is 0 Å². The van der Waals surface area contributed by atoms with E-state index in [1.54, 1.807) is 12.3 Å². The van der Waals surface area contributed by atoms with Gasteiger partial charge in [0.1, 0.15) is 11.6 Å². The molecule has 0 saturated carbocycles. The molecule has 0 aliphatic rings. The molecule has 102 valence electrons. The van der Waals surface area contributed by atoms with Crippen molar-refractivity contribution in [3.05, 3.63) is 58.8 Å². The zero-order valence-corrected chi connectivity index (χ0v) is 11.2. The van der Waals surface area contributed by atoms with E-state index in [1.807, 2.05) is 18.2 Å². The maximum Gasteiger partial charge on any atom is 0.142 e. The number of furan rings is 1. The summed E-state index contributed by atoms with van der Waals surface area (Å²) < 4.78 is 18.6. The number of benzene rings is 1. The summed E-state index contributed by atoms with van der Waals surface area (Å²) in [6, 6.07) is 8.66. The van der Waals surface area contributed by atoms with Crippen molar-refractivity contribution in [3.8, 4) is 0 Å². The van der Waals surface area contributed by atoms with Crippen LogP contribution >= 0.6 is 11.6 Å². The van der Waals surface area contributed by atoms with Crippen LogP contribution in [0.2, 0.25) is 5.02 Å². The number of nitrogens with one attached hydrogen (secondary N) is 1. The minimum absolute atomic E-state index is 0.0608. The van der Waals surface area contributed by atoms with Gasteiger partial charge in [-0.05, 0) is 42.7 Å². The summed E-state index contributed by atoms with van der Waals surface area (Å²) in [4.78, 5) is 0. The van der Waals surface area contributed by atoms with Gasteiger partial charge in [-0.2, -0.15) is 0 Å². The third-order valence-corrected chi connectivity index (χ3v) is 3.33. The fourth-order valence-electron chi connectivity index (χ4n) is 1.97. The Morgan fingerprint density at radius 1 is 1.37 bits per heavy atom. The molecule has 0 aliphatic carbocycles. The molecule has 0 fully saturated rings. The Labute approximate surface area is 116 Å². The van der Waals surface area contributed by atoms with Gasteiger partial charge in [0.25, 0.3) is 0 Å². The van der Waals surface area contributed by atoms with E-state index in [0.717, 1.165) is 24.2 Å². The summed E-state index contributed by atoms with van der Waals surface area (Å²) in [7, 11) is 0. The van der Waals surface area contributed by atoms with E-state index < -0.39 is 5.82 Å². The van der Waals surface area contributed by atoms with Crippen molar-refractivity contribution in [1.29, 1.82) is 0 Å². The molecule has 0 radical (unpaired) electrons. The molecule has 1 atom stereocenters. The topological polar surface area (TPSA) is 51.2 Å². The van der Waals surface area contributed by atoms with Gasteiger partial charge in [0.15, 0.2) is 0 Å². The third kappa shape index (κ3) is 4.06. The second-order valence-corrected chi connectivity index (χ2v) is 4.84. The molecule has 0 amide bonds. The minimum atomic E-state index is -0.402. The fourth-order valence-corrected chi connectivity index (χ4v) is 2.08. The van der Waals surface area contributed by atoms with E-state index in [4.69, 9.17) is 21.9 Å². The molecule has 0 aliphatic heterocycles. The molecule has 2 aromatic rings. The normalized spacial score (nSPS) is 12.6. The van der Waals surface area contributed by atoms with Gasteiger partial charge in [0, 0.05) is 12.5 Å². The average Bonchev–Trinajstić information content (AvgIpc) is 2.92. The SMILES string of the molecule is NNC(CCc1ccco1)Cc1ccc(Cl)c(F)c1. The number of hydrogen-bond acceptors (Lipinski definition) is 3. The summed E-state index contributed by atoms with van der Waals surface area (Å²) in [6.45, 7) is 0. The lowest BCUT2D eigenvalue weighted by atomic mass is 10.0. The lowest BCUT2D eigenvalue weighted by molar-refractivity contribution is 0.447. The number of halogens is 2. The third-order valence-electron chi connectivity index (χ3n) is 3.02. The Hall–Kier alpha value is -1.36. The summed E-state index contributed by atoms with van der Waals surface area (Å²) >= 11 is 5.65. The Balaban J connectivity index is 1.92. The molecule has 0 bridgehead atoms. The number of aryl methyl sites for hydroxylation is 1. The van der Waals surface area contributed by atoms with E-state index in [2.05, 4.69) is 5.43 Å². The highest BCUT2D eigenvalue weighted by Gasteiger charge is 2.10. The van der Waals surface area contributed by atoms with Crippen molar-refractivity contribution >= 4 is 11.6 Å². The first-order chi connectivity index (χ1) is 9.19. The number of hydrogen-bond donors (Lipinski definition) is 2. The van der Waals surface area contributed by atoms with Gasteiger partial charge < -0.3 is 4.42 Å². The fraction of sp³-hybridized carbons (Fsp3) is 0.286. The van der Waals surface area contributed by atoms with Crippen LogP contribution in [0.5, 0.6) is 0 Å². The molecule has 2 rings (SSSR count). The first-order valence-corrected chi connectivity index (χ1v) is 6.49. The highest BCUT2D eigenvalue weighted by Crippen LogP contribution is 2.17. The molecular formula is C14H16ClFN2O. The second-order valence-electron chi connectivity index (χ2n) is 4.43. The lowest BCUT2D eigenvalue weighted by Gasteiger charge is -2.15. The lowest BCUT2D eigenvalue weighted by Crippen LogP contribution is -2.37. The summed E-state index contributed by atoms with van der Waals surface area (Å²) in [5.41, 5.74) is 3.62. The number of hydrazine groups is 1. The zero-order valence-electron chi connectivity index (χ0n) is 10.4. The molecule has 1 aromatic heterocycles. The van der Waals surface area contributed by atoms with Crippen LogP contribution < -0.4 is 11.3 Å². The van der Waals surface area contributed by atoms with Crippen LogP contribution in [0.1, 0.15) is 17.7 Å². The first kappa shape index (κ1) is 14.1. The van der Waals surface area contributed by atoms with E-state index in [-0.39, 0.29) is 11.1 Å². The maximum atomic E-state index is 13.3. The highest BCUT2D eigenvalue weighted by molar-refractivity contribution is 6.30. The van der Waals surface area contributed by atoms with Gasteiger partial charge in [-0.15, -0.1) is 0 Å². The van der Waals surface area contributed by atoms with Gasteiger partial charge in [0.05, 0.1) is 11.3 Å². The van der Waals surface area contributed by atoms with Crippen molar-refractivity contribution in [1.82, 2.24) is 5.43 Å². The van der Waals surface area contributed by atoms with E-state index in [0.29, 0.717) is 6.42 Å². The Morgan fingerprint density at radius 2 is 2.21 bits per heavy atom. The summed E-state index contributed by atoms with van der Waals surface area (Å²) in [6.07, 6.45) is 3.90. The summed E-state index contributed by atoms with van der Waals surface area (Å²) in [5, 5.41) is 0.136. The molecule has 1 heterocycles. The smallest absolute Gasteiger partial charge is 0.142 e. The predicted molar refractivity (Wildman–Crippen MR) is 73.3 cm³/mol. The van der Waals surface area contributed by atoms with E-state index in [9.17, 15) is 4.39 Å². The number of nitrogens with two attached hydrogens (primary N) is 1. The van der Waals surface area contributed by atoms with Crippen molar-refractivity contribution in [2.75, 3.05) is 0 Å². The molecular weight excluding hydrogens is 267 g/mol. The van der Waals surface area contributed by atoms with Crippen molar-refractivity contribution < 1.29 is 8.81 Å². The second kappa shape index (κ2) is 6.70. The van der Waals surface area contributed by atoms with Crippen molar-refractivity contribution in [2.45, 2.75) is 25.3 Å². The van der Waals surface area contributed by atoms with Gasteiger partial charge in [0.2, 0.25) is 0 Å². The molecule has 1 aromatic carbocycles. The van der Waals surface area contributed by atoms with Crippen molar-refractivity contribution in [2.24, 2.45) is 5.84 Å². The van der Waals surface area contributed by atoms with Crippen molar-refractivity contribution in [3.63, 3.8) is 0 Å². The largest absolute Gasteiger partial charge is 0.469 e. The van der Waals surface area contributed by atoms with Crippen LogP contribution in [0.15, 0.2) is 41.0 Å². The zero-order chi connectivity index (χ0) is 13.7. The number of rotatable bonds is 6. The van der Waals surface area contributed by atoms with Gasteiger partial charge in [-0.1, -0.05) is 17.7 Å². The van der Waals surface area contributed by atoms with Gasteiger partial charge in [-0.3, -0.25) is 11.3 Å². The standard InChI is InChI=1S/C14H16ClFN2O/c15-13-6-3-10(9-14(13)16)8-11(18-17)4-5-12-2-1-7-19-12/h1-3,6-7,9,11,18H,4-5,8,17H2. The van der Waals surface area contributed by atoms with Crippen LogP contribution in [0.4, 0.5) is 4.39 Å². The monoisotopic (exact) mass is 282 g/mol. The highest BCUT2D eigenvalue weighted by atomic mass is 35.5. The molecule has 3 nitrogen and oxygen atoms in total. The van der Waals surface area contributed by atoms with Crippen LogP contribution in [-0.2, 0) is 12.8 Å². The minimum Gasteiger partial charge on any atom is -0.469 e. The Morgan fingerprint density at radius 3 is 2.84 bits per heavy atom. The molecule has 1 unspecified atom stereocenters. The summed E-state index contributed by atoms with van der Waals surface area (Å²) in [5.74, 6) is 6.04. The average molecular weight is 283 g/mol. The molecule has 5 heteroatoms.